The molecule has 3 rings (SSSR count). The predicted octanol–water partition coefficient (Wildman–Crippen LogP) is 3.57. The zero-order valence-corrected chi connectivity index (χ0v) is 18.6. The maximum atomic E-state index is 13.0. The number of hydrogen-bond donors (Lipinski definition) is 1. The Hall–Kier alpha value is -4.16. The topological polar surface area (TPSA) is 117 Å². The second-order valence-corrected chi connectivity index (χ2v) is 8.67. The first-order valence-electron chi connectivity index (χ1n) is 10.0. The van der Waals surface area contributed by atoms with Crippen LogP contribution in [0.5, 0.6) is 0 Å². The van der Waals surface area contributed by atoms with Crippen LogP contribution in [-0.2, 0) is 19.6 Å². The molecular weight excluding hydrogens is 442 g/mol. The molecule has 0 aliphatic carbocycles. The number of esters is 1. The molecule has 168 valence electrons. The van der Waals surface area contributed by atoms with Crippen molar-refractivity contribution in [2.45, 2.75) is 11.8 Å². The molecule has 0 heterocycles. The number of ether oxygens (including phenoxy) is 1. The minimum atomic E-state index is -3.82. The molecule has 0 aliphatic heterocycles. The molecule has 0 saturated carbocycles. The Bertz CT molecular complexity index is 1280. The highest BCUT2D eigenvalue weighted by molar-refractivity contribution is 7.92. The molecule has 0 radical (unpaired) electrons. The average Bonchev–Trinajstić information content (AvgIpc) is 2.84. The highest BCUT2D eigenvalue weighted by atomic mass is 32.2. The molecule has 9 heteroatoms. The van der Waals surface area contributed by atoms with E-state index < -0.39 is 28.5 Å². The number of rotatable bonds is 8. The molecule has 1 N–H and O–H groups in total. The molecule has 8 nitrogen and oxygen atoms in total. The van der Waals surface area contributed by atoms with Crippen molar-refractivity contribution in [3.8, 4) is 6.07 Å². The van der Waals surface area contributed by atoms with Gasteiger partial charge in [-0.1, -0.05) is 30.3 Å². The van der Waals surface area contributed by atoms with E-state index in [0.29, 0.717) is 11.4 Å². The van der Waals surface area contributed by atoms with Crippen molar-refractivity contribution in [1.82, 2.24) is 0 Å². The molecule has 0 fully saturated rings. The van der Waals surface area contributed by atoms with Gasteiger partial charge in [-0.25, -0.2) is 13.2 Å². The fourth-order valence-electron chi connectivity index (χ4n) is 3.07. The van der Waals surface area contributed by atoms with Crippen LogP contribution in [0.4, 0.5) is 11.4 Å². The first-order chi connectivity index (χ1) is 15.9. The second kappa shape index (κ2) is 10.4. The van der Waals surface area contributed by atoms with Crippen LogP contribution >= 0.6 is 0 Å². The summed E-state index contributed by atoms with van der Waals surface area (Å²) in [6, 6.07) is 22.4. The Balaban J connectivity index is 1.65. The molecule has 3 aromatic rings. The average molecular weight is 464 g/mol. The molecule has 0 aromatic heterocycles. The minimum Gasteiger partial charge on any atom is -0.452 e. The number of nitriles is 1. The van der Waals surface area contributed by atoms with Crippen LogP contribution in [0.3, 0.4) is 0 Å². The third-order valence-corrected chi connectivity index (χ3v) is 6.58. The number of hydrogen-bond acceptors (Lipinski definition) is 6. The summed E-state index contributed by atoms with van der Waals surface area (Å²) in [5.41, 5.74) is 1.23. The van der Waals surface area contributed by atoms with E-state index in [1.807, 2.05) is 6.07 Å². The van der Waals surface area contributed by atoms with Crippen molar-refractivity contribution in [1.29, 1.82) is 5.26 Å². The molecule has 3 aromatic carbocycles. The van der Waals surface area contributed by atoms with Crippen molar-refractivity contribution >= 4 is 33.3 Å². The number of carbonyl (C=O) groups is 2. The monoisotopic (exact) mass is 463 g/mol. The van der Waals surface area contributed by atoms with Gasteiger partial charge in [0.05, 0.1) is 27.4 Å². The molecular formula is C24H21N3O5S. The molecule has 33 heavy (non-hydrogen) atoms. The Morgan fingerprint density at radius 2 is 1.61 bits per heavy atom. The lowest BCUT2D eigenvalue weighted by Crippen LogP contribution is -2.30. The summed E-state index contributed by atoms with van der Waals surface area (Å²) in [7, 11) is -3.82. The maximum Gasteiger partial charge on any atom is 0.338 e. The van der Waals surface area contributed by atoms with Gasteiger partial charge in [0.25, 0.3) is 15.9 Å². The molecule has 0 saturated heterocycles. The first-order valence-corrected chi connectivity index (χ1v) is 11.4. The minimum absolute atomic E-state index is 0.0237. The van der Waals surface area contributed by atoms with E-state index in [0.717, 1.165) is 0 Å². The molecule has 0 aliphatic rings. The summed E-state index contributed by atoms with van der Waals surface area (Å²) >= 11 is 0. The van der Waals surface area contributed by atoms with Gasteiger partial charge in [0.1, 0.15) is 6.07 Å². The third kappa shape index (κ3) is 5.56. The van der Waals surface area contributed by atoms with Crippen LogP contribution in [0.15, 0.2) is 83.8 Å². The molecule has 1 amide bonds. The molecule has 0 spiro atoms. The number of sulfonamides is 1. The van der Waals surface area contributed by atoms with Crippen molar-refractivity contribution in [3.05, 3.63) is 90.0 Å². The van der Waals surface area contributed by atoms with Gasteiger partial charge in [-0.15, -0.1) is 0 Å². The van der Waals surface area contributed by atoms with Crippen LogP contribution in [0, 0.1) is 11.3 Å². The van der Waals surface area contributed by atoms with Gasteiger partial charge in [-0.05, 0) is 55.5 Å². The summed E-state index contributed by atoms with van der Waals surface area (Å²) in [6.45, 7) is 1.41. The van der Waals surface area contributed by atoms with Crippen molar-refractivity contribution < 1.29 is 22.7 Å². The number of para-hydroxylation sites is 2. The summed E-state index contributed by atoms with van der Waals surface area (Å²) in [5, 5.41) is 11.6. The van der Waals surface area contributed by atoms with Crippen LogP contribution in [0.1, 0.15) is 22.8 Å². The fraction of sp³-hybridized carbons (Fsp3) is 0.125. The standard InChI is InChI=1S/C24H21N3O5S/c1-2-27(20-9-4-3-5-10-20)33(30,31)21-14-12-18(13-15-21)24(29)32-17-23(28)26-22-11-7-6-8-19(22)16-25/h3-15H,2,17H2,1H3,(H,26,28). The normalized spacial score (nSPS) is 10.7. The van der Waals surface area contributed by atoms with Crippen LogP contribution in [0.25, 0.3) is 0 Å². The Kier molecular flexibility index (Phi) is 7.43. The van der Waals surface area contributed by atoms with Crippen LogP contribution in [0.2, 0.25) is 0 Å². The number of carbonyl (C=O) groups excluding carboxylic acids is 2. The lowest BCUT2D eigenvalue weighted by molar-refractivity contribution is -0.119. The second-order valence-electron chi connectivity index (χ2n) is 6.81. The number of nitrogens with zero attached hydrogens (tertiary/aromatic N) is 2. The smallest absolute Gasteiger partial charge is 0.338 e. The number of nitrogens with one attached hydrogen (secondary N) is 1. The highest BCUT2D eigenvalue weighted by Crippen LogP contribution is 2.23. The van der Waals surface area contributed by atoms with E-state index in [-0.39, 0.29) is 22.6 Å². The van der Waals surface area contributed by atoms with Crippen LogP contribution < -0.4 is 9.62 Å². The van der Waals surface area contributed by atoms with E-state index >= 15 is 0 Å². The van der Waals surface area contributed by atoms with E-state index in [9.17, 15) is 18.0 Å². The Labute approximate surface area is 192 Å². The quantitative estimate of drug-likeness (QED) is 0.511. The molecule has 0 bridgehead atoms. The maximum absolute atomic E-state index is 13.0. The zero-order chi connectivity index (χ0) is 23.8. The Morgan fingerprint density at radius 3 is 2.24 bits per heavy atom. The summed E-state index contributed by atoms with van der Waals surface area (Å²) in [4.78, 5) is 24.4. The van der Waals surface area contributed by atoms with Gasteiger partial charge in [0, 0.05) is 6.54 Å². The largest absolute Gasteiger partial charge is 0.452 e. The van der Waals surface area contributed by atoms with E-state index in [4.69, 9.17) is 10.00 Å². The number of anilines is 2. The van der Waals surface area contributed by atoms with E-state index in [2.05, 4.69) is 5.32 Å². The van der Waals surface area contributed by atoms with Gasteiger partial charge in [0.15, 0.2) is 6.61 Å². The number of benzene rings is 3. The van der Waals surface area contributed by atoms with Gasteiger partial charge in [0.2, 0.25) is 0 Å². The van der Waals surface area contributed by atoms with E-state index in [1.54, 1.807) is 61.5 Å². The summed E-state index contributed by atoms with van der Waals surface area (Å²) in [5.74, 6) is -1.38. The van der Waals surface area contributed by atoms with Crippen molar-refractivity contribution in [2.75, 3.05) is 22.8 Å². The fourth-order valence-corrected chi connectivity index (χ4v) is 4.54. The van der Waals surface area contributed by atoms with Gasteiger partial charge in [-0.3, -0.25) is 9.10 Å². The lowest BCUT2D eigenvalue weighted by atomic mass is 10.2. The first kappa shape index (κ1) is 23.5. The number of amides is 1. The van der Waals surface area contributed by atoms with Gasteiger partial charge < -0.3 is 10.1 Å². The SMILES string of the molecule is CCN(c1ccccc1)S(=O)(=O)c1ccc(C(=O)OCC(=O)Nc2ccccc2C#N)cc1. The molecule has 0 atom stereocenters. The predicted molar refractivity (Wildman–Crippen MR) is 123 cm³/mol. The van der Waals surface area contributed by atoms with Crippen molar-refractivity contribution in [3.63, 3.8) is 0 Å². The zero-order valence-electron chi connectivity index (χ0n) is 17.8. The van der Waals surface area contributed by atoms with Gasteiger partial charge in [-0.2, -0.15) is 5.26 Å². The van der Waals surface area contributed by atoms with Gasteiger partial charge >= 0.3 is 5.97 Å². The third-order valence-electron chi connectivity index (χ3n) is 4.67. The Morgan fingerprint density at radius 1 is 0.970 bits per heavy atom. The van der Waals surface area contributed by atoms with Crippen molar-refractivity contribution in [2.24, 2.45) is 0 Å². The summed E-state index contributed by atoms with van der Waals surface area (Å²) in [6.07, 6.45) is 0. The summed E-state index contributed by atoms with van der Waals surface area (Å²) < 4.78 is 32.3. The highest BCUT2D eigenvalue weighted by Gasteiger charge is 2.24. The van der Waals surface area contributed by atoms with E-state index in [1.165, 1.54) is 28.6 Å². The lowest BCUT2D eigenvalue weighted by Gasteiger charge is -2.22. The molecule has 0 unspecified atom stereocenters. The van der Waals surface area contributed by atoms with Crippen LogP contribution in [-0.4, -0.2) is 33.4 Å².